The summed E-state index contributed by atoms with van der Waals surface area (Å²) in [6.45, 7) is 3.31. The van der Waals surface area contributed by atoms with Crippen LogP contribution in [0.25, 0.3) is 0 Å². The van der Waals surface area contributed by atoms with Crippen LogP contribution in [0.3, 0.4) is 0 Å². The van der Waals surface area contributed by atoms with Gasteiger partial charge in [0, 0.05) is 32.1 Å². The number of hydrogen-bond acceptors (Lipinski definition) is 3. The second-order valence-electron chi connectivity index (χ2n) is 4.13. The largest absolute Gasteiger partial charge is 0.340 e. The van der Waals surface area contributed by atoms with Gasteiger partial charge in [-0.15, -0.1) is 0 Å². The Morgan fingerprint density at radius 1 is 1.44 bits per heavy atom. The zero-order valence-corrected chi connectivity index (χ0v) is 9.35. The molecule has 16 heavy (non-hydrogen) atoms. The fourth-order valence-corrected chi connectivity index (χ4v) is 1.80. The van der Waals surface area contributed by atoms with Crippen LogP contribution in [0.15, 0.2) is 12.4 Å². The number of aromatic nitrogens is 2. The molecular weight excluding hydrogens is 206 g/mol. The van der Waals surface area contributed by atoms with Crippen molar-refractivity contribution in [2.24, 2.45) is 0 Å². The molecule has 1 aromatic rings. The van der Waals surface area contributed by atoms with Crippen LogP contribution in [0.2, 0.25) is 0 Å². The summed E-state index contributed by atoms with van der Waals surface area (Å²) < 4.78 is 1.63. The molecule has 0 bridgehead atoms. The number of carbonyl (C=O) groups excluding carboxylic acids is 2. The lowest BCUT2D eigenvalue weighted by Gasteiger charge is -2.25. The molecule has 1 aliphatic rings. The van der Waals surface area contributed by atoms with Crippen LogP contribution in [0.5, 0.6) is 0 Å². The standard InChI is InChI=1S/C11H15N3O2/c1-9-6-12-14(7-9)8-11(16)13-4-2-10(15)3-5-13/h6-7H,2-5,8H2,1H3. The minimum atomic E-state index is 0.0376. The number of amides is 1. The van der Waals surface area contributed by atoms with E-state index in [1.807, 2.05) is 13.1 Å². The van der Waals surface area contributed by atoms with E-state index in [0.29, 0.717) is 25.9 Å². The normalized spacial score (nSPS) is 16.6. The summed E-state index contributed by atoms with van der Waals surface area (Å²) in [4.78, 5) is 24.6. The molecule has 1 aliphatic heterocycles. The first-order valence-electron chi connectivity index (χ1n) is 5.43. The maximum absolute atomic E-state index is 11.8. The summed E-state index contributed by atoms with van der Waals surface area (Å²) in [7, 11) is 0. The maximum atomic E-state index is 11.8. The molecule has 0 aliphatic carbocycles. The Morgan fingerprint density at radius 3 is 2.69 bits per heavy atom. The number of carbonyl (C=O) groups is 2. The van der Waals surface area contributed by atoms with Gasteiger partial charge in [0.15, 0.2) is 0 Å². The van der Waals surface area contributed by atoms with E-state index >= 15 is 0 Å². The number of aryl methyl sites for hydroxylation is 1. The van der Waals surface area contributed by atoms with Crippen molar-refractivity contribution < 1.29 is 9.59 Å². The molecule has 0 aromatic carbocycles. The molecular formula is C11H15N3O2. The number of Topliss-reactive ketones (excluding diaryl/α,β-unsaturated/α-hetero) is 1. The lowest BCUT2D eigenvalue weighted by molar-refractivity contribution is -0.135. The van der Waals surface area contributed by atoms with Crippen molar-refractivity contribution in [3.8, 4) is 0 Å². The summed E-state index contributed by atoms with van der Waals surface area (Å²) in [5, 5.41) is 4.07. The molecule has 0 radical (unpaired) electrons. The van der Waals surface area contributed by atoms with E-state index in [4.69, 9.17) is 0 Å². The molecule has 5 nitrogen and oxygen atoms in total. The summed E-state index contributed by atoms with van der Waals surface area (Å²) in [6.07, 6.45) is 4.55. The number of rotatable bonds is 2. The van der Waals surface area contributed by atoms with Gasteiger partial charge in [0.05, 0.1) is 6.20 Å². The molecule has 86 valence electrons. The summed E-state index contributed by atoms with van der Waals surface area (Å²) in [6, 6.07) is 0. The third-order valence-electron chi connectivity index (χ3n) is 2.73. The van der Waals surface area contributed by atoms with Gasteiger partial charge in [-0.1, -0.05) is 0 Å². The summed E-state index contributed by atoms with van der Waals surface area (Å²) in [5.74, 6) is 0.287. The first-order chi connectivity index (χ1) is 7.65. The van der Waals surface area contributed by atoms with Gasteiger partial charge in [-0.25, -0.2) is 0 Å². The van der Waals surface area contributed by atoms with E-state index in [0.717, 1.165) is 5.56 Å². The quantitative estimate of drug-likeness (QED) is 0.725. The van der Waals surface area contributed by atoms with Crippen LogP contribution in [-0.4, -0.2) is 39.5 Å². The van der Waals surface area contributed by atoms with Crippen molar-refractivity contribution in [1.82, 2.24) is 14.7 Å². The van der Waals surface area contributed by atoms with E-state index in [1.165, 1.54) is 0 Å². The second kappa shape index (κ2) is 4.47. The number of ketones is 1. The molecule has 2 rings (SSSR count). The lowest BCUT2D eigenvalue weighted by Crippen LogP contribution is -2.40. The van der Waals surface area contributed by atoms with Crippen molar-refractivity contribution in [3.05, 3.63) is 18.0 Å². The van der Waals surface area contributed by atoms with Crippen molar-refractivity contribution in [2.75, 3.05) is 13.1 Å². The van der Waals surface area contributed by atoms with Crippen molar-refractivity contribution >= 4 is 11.7 Å². The zero-order chi connectivity index (χ0) is 11.5. The lowest BCUT2D eigenvalue weighted by atomic mass is 10.1. The fraction of sp³-hybridized carbons (Fsp3) is 0.545. The molecule has 0 spiro atoms. The van der Waals surface area contributed by atoms with Crippen LogP contribution in [-0.2, 0) is 16.1 Å². The molecule has 1 aromatic heterocycles. The highest BCUT2D eigenvalue weighted by Gasteiger charge is 2.20. The maximum Gasteiger partial charge on any atom is 0.244 e. The van der Waals surface area contributed by atoms with E-state index in [-0.39, 0.29) is 18.2 Å². The molecule has 1 saturated heterocycles. The highest BCUT2D eigenvalue weighted by molar-refractivity contribution is 5.83. The third-order valence-corrected chi connectivity index (χ3v) is 2.73. The van der Waals surface area contributed by atoms with Crippen molar-refractivity contribution in [3.63, 3.8) is 0 Å². The number of piperidine rings is 1. The van der Waals surface area contributed by atoms with Crippen LogP contribution in [0, 0.1) is 6.92 Å². The van der Waals surface area contributed by atoms with Gasteiger partial charge < -0.3 is 4.90 Å². The van der Waals surface area contributed by atoms with Gasteiger partial charge in [0.1, 0.15) is 12.3 Å². The van der Waals surface area contributed by atoms with Crippen LogP contribution >= 0.6 is 0 Å². The van der Waals surface area contributed by atoms with Crippen molar-refractivity contribution in [1.29, 1.82) is 0 Å². The van der Waals surface area contributed by atoms with Gasteiger partial charge in [-0.2, -0.15) is 5.10 Å². The van der Waals surface area contributed by atoms with Gasteiger partial charge in [-0.05, 0) is 12.5 Å². The molecule has 0 unspecified atom stereocenters. The highest BCUT2D eigenvalue weighted by atomic mass is 16.2. The number of hydrogen-bond donors (Lipinski definition) is 0. The van der Waals surface area contributed by atoms with Gasteiger partial charge in [0.2, 0.25) is 5.91 Å². The van der Waals surface area contributed by atoms with Crippen LogP contribution in [0.1, 0.15) is 18.4 Å². The predicted octanol–water partition coefficient (Wildman–Crippen LogP) is 0.383. The molecule has 0 N–H and O–H groups in total. The second-order valence-corrected chi connectivity index (χ2v) is 4.13. The minimum Gasteiger partial charge on any atom is -0.340 e. The van der Waals surface area contributed by atoms with Gasteiger partial charge in [0.25, 0.3) is 0 Å². The Labute approximate surface area is 94.0 Å². The van der Waals surface area contributed by atoms with Crippen LogP contribution < -0.4 is 0 Å². The average molecular weight is 221 g/mol. The summed E-state index contributed by atoms with van der Waals surface area (Å²) in [5.41, 5.74) is 1.04. The Balaban J connectivity index is 1.91. The molecule has 2 heterocycles. The van der Waals surface area contributed by atoms with Crippen molar-refractivity contribution in [2.45, 2.75) is 26.3 Å². The SMILES string of the molecule is Cc1cnn(CC(=O)N2CCC(=O)CC2)c1. The van der Waals surface area contributed by atoms with Gasteiger partial charge >= 0.3 is 0 Å². The van der Waals surface area contributed by atoms with E-state index < -0.39 is 0 Å². The van der Waals surface area contributed by atoms with E-state index in [9.17, 15) is 9.59 Å². The molecule has 0 saturated carbocycles. The molecule has 1 fully saturated rings. The predicted molar refractivity (Wildman–Crippen MR) is 57.8 cm³/mol. The highest BCUT2D eigenvalue weighted by Crippen LogP contribution is 2.06. The first kappa shape index (κ1) is 10.9. The molecule has 5 heteroatoms. The van der Waals surface area contributed by atoms with E-state index in [2.05, 4.69) is 5.10 Å². The monoisotopic (exact) mass is 221 g/mol. The third kappa shape index (κ3) is 2.48. The number of likely N-dealkylation sites (tertiary alicyclic amines) is 1. The van der Waals surface area contributed by atoms with Gasteiger partial charge in [-0.3, -0.25) is 14.3 Å². The Morgan fingerprint density at radius 2 is 2.12 bits per heavy atom. The minimum absolute atomic E-state index is 0.0376. The molecule has 1 amide bonds. The zero-order valence-electron chi connectivity index (χ0n) is 9.35. The Kier molecular flexibility index (Phi) is 3.03. The number of nitrogens with zero attached hydrogens (tertiary/aromatic N) is 3. The van der Waals surface area contributed by atoms with E-state index in [1.54, 1.807) is 15.8 Å². The first-order valence-corrected chi connectivity index (χ1v) is 5.43. The topological polar surface area (TPSA) is 55.2 Å². The summed E-state index contributed by atoms with van der Waals surface area (Å²) >= 11 is 0. The fourth-order valence-electron chi connectivity index (χ4n) is 1.80. The average Bonchev–Trinajstić information content (AvgIpc) is 2.65. The molecule has 0 atom stereocenters. The smallest absolute Gasteiger partial charge is 0.244 e. The Hall–Kier alpha value is -1.65. The van der Waals surface area contributed by atoms with Crippen LogP contribution in [0.4, 0.5) is 0 Å². The Bertz CT molecular complexity index is 401.